The molecule has 0 amide bonds. The molecule has 0 aliphatic rings. The van der Waals surface area contributed by atoms with Gasteiger partial charge in [-0.1, -0.05) is 0 Å². The van der Waals surface area contributed by atoms with E-state index in [1.165, 1.54) is 0 Å². The van der Waals surface area contributed by atoms with E-state index in [2.05, 4.69) is 20.9 Å². The van der Waals surface area contributed by atoms with E-state index in [0.29, 0.717) is 23.1 Å². The lowest BCUT2D eigenvalue weighted by atomic mass is 10.3. The maximum Gasteiger partial charge on any atom is 0.264 e. The monoisotopic (exact) mass is 296 g/mol. The van der Waals surface area contributed by atoms with Crippen molar-refractivity contribution in [1.29, 1.82) is 0 Å². The topological polar surface area (TPSA) is 65.8 Å². The molecule has 2 aromatic rings. The minimum atomic E-state index is -0.0755. The number of rotatable bonds is 3. The summed E-state index contributed by atoms with van der Waals surface area (Å²) in [6.07, 6.45) is 5.97. The van der Waals surface area contributed by atoms with E-state index in [0.717, 1.165) is 5.82 Å². The number of nitrogen functional groups attached to an aromatic ring is 1. The van der Waals surface area contributed by atoms with Crippen molar-refractivity contribution < 1.29 is 0 Å². The number of nitrogens with zero attached hydrogens (tertiary/aromatic N) is 3. The molecule has 0 aliphatic carbocycles. The van der Waals surface area contributed by atoms with E-state index < -0.39 is 0 Å². The van der Waals surface area contributed by atoms with Crippen molar-refractivity contribution >= 4 is 21.6 Å². The molecule has 0 unspecified atom stereocenters. The summed E-state index contributed by atoms with van der Waals surface area (Å²) >= 11 is 3.20. The first kappa shape index (κ1) is 11.9. The van der Waals surface area contributed by atoms with Crippen LogP contribution in [0.15, 0.2) is 33.9 Å². The van der Waals surface area contributed by atoms with E-state index in [1.807, 2.05) is 17.8 Å². The predicted molar refractivity (Wildman–Crippen MR) is 69.7 cm³/mol. The van der Waals surface area contributed by atoms with Gasteiger partial charge in [-0.3, -0.25) is 4.79 Å². The molecule has 0 aromatic carbocycles. The number of nitrogens with two attached hydrogens (primary N) is 1. The Bertz CT molecular complexity index is 587. The highest BCUT2D eigenvalue weighted by Gasteiger charge is 2.05. The highest BCUT2D eigenvalue weighted by molar-refractivity contribution is 9.10. The molecule has 0 radical (unpaired) electrons. The van der Waals surface area contributed by atoms with Crippen molar-refractivity contribution in [2.24, 2.45) is 7.05 Å². The van der Waals surface area contributed by atoms with Crippen LogP contribution in [-0.4, -0.2) is 14.1 Å². The molecule has 0 aliphatic heterocycles. The standard InChI is InChI=1S/C11H13BrN4O/c1-15-5-3-14-10(15)2-4-16-7-8(13)6-9(12)11(16)17/h3,5-7H,2,4,13H2,1H3. The van der Waals surface area contributed by atoms with Gasteiger partial charge in [0.2, 0.25) is 0 Å². The Balaban J connectivity index is 2.20. The van der Waals surface area contributed by atoms with Crippen LogP contribution in [0.25, 0.3) is 0 Å². The third kappa shape index (κ3) is 2.58. The van der Waals surface area contributed by atoms with Crippen LogP contribution in [0.3, 0.4) is 0 Å². The maximum absolute atomic E-state index is 11.8. The molecule has 5 nitrogen and oxygen atoms in total. The molecule has 0 atom stereocenters. The molecule has 2 heterocycles. The number of pyridine rings is 1. The first-order valence-electron chi connectivity index (χ1n) is 5.19. The Morgan fingerprint density at radius 3 is 2.94 bits per heavy atom. The minimum Gasteiger partial charge on any atom is -0.398 e. The lowest BCUT2D eigenvalue weighted by molar-refractivity contribution is 0.631. The van der Waals surface area contributed by atoms with Crippen LogP contribution >= 0.6 is 15.9 Å². The maximum atomic E-state index is 11.8. The van der Waals surface area contributed by atoms with Crippen molar-refractivity contribution in [2.45, 2.75) is 13.0 Å². The van der Waals surface area contributed by atoms with E-state index in [1.54, 1.807) is 23.0 Å². The van der Waals surface area contributed by atoms with Crippen molar-refractivity contribution in [3.05, 3.63) is 45.3 Å². The number of halogens is 1. The van der Waals surface area contributed by atoms with Crippen LogP contribution < -0.4 is 11.3 Å². The number of anilines is 1. The fourth-order valence-corrected chi connectivity index (χ4v) is 2.14. The Kier molecular flexibility index (Phi) is 3.33. The Labute approximate surface area is 107 Å². The lowest BCUT2D eigenvalue weighted by Crippen LogP contribution is -2.22. The second-order valence-corrected chi connectivity index (χ2v) is 4.68. The van der Waals surface area contributed by atoms with Gasteiger partial charge in [-0.05, 0) is 22.0 Å². The van der Waals surface area contributed by atoms with Crippen LogP contribution in [0, 0.1) is 0 Å². The van der Waals surface area contributed by atoms with Crippen LogP contribution in [0.4, 0.5) is 5.69 Å². The summed E-state index contributed by atoms with van der Waals surface area (Å²) in [4.78, 5) is 16.0. The second-order valence-electron chi connectivity index (χ2n) is 3.82. The van der Waals surface area contributed by atoms with Gasteiger partial charge in [-0.2, -0.15) is 0 Å². The minimum absolute atomic E-state index is 0.0755. The number of imidazole rings is 1. The third-order valence-electron chi connectivity index (χ3n) is 2.56. The normalized spacial score (nSPS) is 10.7. The molecular formula is C11H13BrN4O. The molecule has 6 heteroatoms. The molecule has 90 valence electrons. The molecule has 2 aromatic heterocycles. The fourth-order valence-electron chi connectivity index (χ4n) is 1.65. The summed E-state index contributed by atoms with van der Waals surface area (Å²) < 4.78 is 4.01. The molecule has 0 saturated carbocycles. The number of hydrogen-bond acceptors (Lipinski definition) is 3. The first-order chi connectivity index (χ1) is 8.08. The molecular weight excluding hydrogens is 284 g/mol. The van der Waals surface area contributed by atoms with Crippen LogP contribution in [-0.2, 0) is 20.0 Å². The Morgan fingerprint density at radius 1 is 1.53 bits per heavy atom. The predicted octanol–water partition coefficient (Wildman–Crippen LogP) is 1.17. The Morgan fingerprint density at radius 2 is 2.29 bits per heavy atom. The first-order valence-corrected chi connectivity index (χ1v) is 5.99. The van der Waals surface area contributed by atoms with Gasteiger partial charge in [0.25, 0.3) is 5.56 Å². The fraction of sp³-hybridized carbons (Fsp3) is 0.273. The molecule has 0 bridgehead atoms. The summed E-state index contributed by atoms with van der Waals surface area (Å²) in [5.74, 6) is 0.940. The molecule has 0 fully saturated rings. The SMILES string of the molecule is Cn1ccnc1CCn1cc(N)cc(Br)c1=O. The van der Waals surface area contributed by atoms with Gasteiger partial charge < -0.3 is 14.9 Å². The lowest BCUT2D eigenvalue weighted by Gasteiger charge is -2.07. The smallest absolute Gasteiger partial charge is 0.264 e. The number of aryl methyl sites for hydroxylation is 3. The van der Waals surface area contributed by atoms with Gasteiger partial charge in [0, 0.05) is 44.3 Å². The van der Waals surface area contributed by atoms with E-state index in [9.17, 15) is 4.79 Å². The van der Waals surface area contributed by atoms with Crippen molar-refractivity contribution in [1.82, 2.24) is 14.1 Å². The van der Waals surface area contributed by atoms with Crippen molar-refractivity contribution in [3.8, 4) is 0 Å². The zero-order valence-corrected chi connectivity index (χ0v) is 11.0. The highest BCUT2D eigenvalue weighted by Crippen LogP contribution is 2.08. The summed E-state index contributed by atoms with van der Waals surface area (Å²) in [7, 11) is 1.93. The number of hydrogen-bond donors (Lipinski definition) is 1. The molecule has 0 saturated heterocycles. The largest absolute Gasteiger partial charge is 0.398 e. The average molecular weight is 297 g/mol. The van der Waals surface area contributed by atoms with Gasteiger partial charge in [0.15, 0.2) is 0 Å². The molecule has 2 N–H and O–H groups in total. The summed E-state index contributed by atoms with van der Waals surface area (Å²) in [6, 6.07) is 1.61. The average Bonchev–Trinajstić information content (AvgIpc) is 2.67. The molecule has 0 spiro atoms. The highest BCUT2D eigenvalue weighted by atomic mass is 79.9. The summed E-state index contributed by atoms with van der Waals surface area (Å²) in [5.41, 5.74) is 6.19. The zero-order chi connectivity index (χ0) is 12.4. The van der Waals surface area contributed by atoms with Gasteiger partial charge >= 0.3 is 0 Å². The van der Waals surface area contributed by atoms with Crippen LogP contribution in [0.1, 0.15) is 5.82 Å². The van der Waals surface area contributed by atoms with E-state index >= 15 is 0 Å². The van der Waals surface area contributed by atoms with Gasteiger partial charge in [-0.25, -0.2) is 4.98 Å². The summed E-state index contributed by atoms with van der Waals surface area (Å²) in [5, 5.41) is 0. The van der Waals surface area contributed by atoms with Crippen molar-refractivity contribution in [3.63, 3.8) is 0 Å². The third-order valence-corrected chi connectivity index (χ3v) is 3.13. The van der Waals surface area contributed by atoms with Gasteiger partial charge in [-0.15, -0.1) is 0 Å². The van der Waals surface area contributed by atoms with E-state index in [4.69, 9.17) is 5.73 Å². The van der Waals surface area contributed by atoms with E-state index in [-0.39, 0.29) is 5.56 Å². The van der Waals surface area contributed by atoms with Gasteiger partial charge in [0.05, 0.1) is 4.47 Å². The quantitative estimate of drug-likeness (QED) is 0.925. The molecule has 2 rings (SSSR count). The second kappa shape index (κ2) is 4.75. The van der Waals surface area contributed by atoms with Crippen LogP contribution in [0.5, 0.6) is 0 Å². The molecule has 17 heavy (non-hydrogen) atoms. The van der Waals surface area contributed by atoms with Crippen LogP contribution in [0.2, 0.25) is 0 Å². The summed E-state index contributed by atoms with van der Waals surface area (Å²) in [6.45, 7) is 0.563. The van der Waals surface area contributed by atoms with Gasteiger partial charge in [0.1, 0.15) is 5.82 Å². The number of aromatic nitrogens is 3. The Hall–Kier alpha value is -1.56. The van der Waals surface area contributed by atoms with Crippen molar-refractivity contribution in [2.75, 3.05) is 5.73 Å². The zero-order valence-electron chi connectivity index (χ0n) is 9.43.